The Kier molecular flexibility index (Phi) is 12.6. The van der Waals surface area contributed by atoms with Gasteiger partial charge in [-0.1, -0.05) is 180 Å². The van der Waals surface area contributed by atoms with Crippen LogP contribution in [0.2, 0.25) is 0 Å². The quantitative estimate of drug-likeness (QED) is 0.0439. The minimum atomic E-state index is -1.22. The van der Waals surface area contributed by atoms with Crippen LogP contribution in [0.4, 0.5) is 11.4 Å². The molecule has 0 atom stereocenters. The highest BCUT2D eigenvalue weighted by Crippen LogP contribution is 2.52. The molecule has 1 aliphatic rings. The molecule has 0 saturated heterocycles. The molecule has 0 bridgehead atoms. The van der Waals surface area contributed by atoms with Crippen LogP contribution < -0.4 is 10.2 Å². The van der Waals surface area contributed by atoms with Gasteiger partial charge in [-0.25, -0.2) is 4.79 Å². The molecular weight excluding hydrogens is 779 g/mol. The van der Waals surface area contributed by atoms with Crippen molar-refractivity contribution >= 4 is 46.0 Å². The van der Waals surface area contributed by atoms with E-state index in [1.165, 1.54) is 51.7 Å². The summed E-state index contributed by atoms with van der Waals surface area (Å²) in [4.78, 5) is 16.1. The van der Waals surface area contributed by atoms with Gasteiger partial charge in [0.1, 0.15) is 11.6 Å². The molecule has 1 aromatic heterocycles. The fourth-order valence-electron chi connectivity index (χ4n) is 8.63. The lowest BCUT2D eigenvalue weighted by atomic mass is 9.81. The number of hydrogen-bond acceptors (Lipinski definition) is 5. The monoisotopic (exact) mass is 829 g/mol. The highest BCUT2D eigenvalue weighted by molar-refractivity contribution is 7.17. The topological polar surface area (TPSA) is 76.4 Å². The Labute approximate surface area is 370 Å². The van der Waals surface area contributed by atoms with Crippen molar-refractivity contribution in [2.75, 3.05) is 16.8 Å². The van der Waals surface area contributed by atoms with E-state index < -0.39 is 5.97 Å². The van der Waals surface area contributed by atoms with Crippen LogP contribution in [-0.2, 0) is 16.8 Å². The van der Waals surface area contributed by atoms with Gasteiger partial charge in [-0.15, -0.1) is 11.3 Å². The van der Waals surface area contributed by atoms with Crippen LogP contribution in [0.15, 0.2) is 169 Å². The molecule has 6 heteroatoms. The normalized spacial score (nSPS) is 12.5. The zero-order chi connectivity index (χ0) is 43.1. The largest absolute Gasteiger partial charge is 0.477 e. The highest BCUT2D eigenvalue weighted by Gasteiger charge is 2.37. The van der Waals surface area contributed by atoms with Crippen molar-refractivity contribution in [1.29, 1.82) is 5.26 Å². The summed E-state index contributed by atoms with van der Waals surface area (Å²) in [6.45, 7) is 8.27. The van der Waals surface area contributed by atoms with Crippen LogP contribution >= 0.6 is 11.3 Å². The van der Waals surface area contributed by atoms with Crippen molar-refractivity contribution in [1.82, 2.24) is 0 Å². The van der Waals surface area contributed by atoms with E-state index in [2.05, 4.69) is 195 Å². The van der Waals surface area contributed by atoms with Crippen LogP contribution in [0.25, 0.3) is 38.9 Å². The number of fused-ring (bicyclic) bond motifs is 3. The smallest absolute Gasteiger partial charge is 0.346 e. The number of carbonyl (C=O) groups is 1. The van der Waals surface area contributed by atoms with Crippen molar-refractivity contribution in [3.05, 3.63) is 208 Å². The number of carboxylic acid groups (broad SMARTS) is 1. The summed E-state index contributed by atoms with van der Waals surface area (Å²) in [6.07, 6.45) is 5.97. The molecule has 7 aromatic rings. The zero-order valence-corrected chi connectivity index (χ0v) is 36.4. The lowest BCUT2D eigenvalue weighted by molar-refractivity contribution is -0.132. The number of hydrogen-bond donors (Lipinski definition) is 2. The Morgan fingerprint density at radius 3 is 1.90 bits per heavy atom. The molecule has 0 spiro atoms. The predicted molar refractivity (Wildman–Crippen MR) is 259 cm³/mol. The SMILES string of the molecule is CCCCCCNc1cc(-c2ccc3c(c2)C(C)(C)c2cc(N(Cc4ccccc4)C(=C(c4ccccc4)c4ccccc4)c4ccccc4)ccc2-3)sc1/C=C(\C#N)C(=O)O. The first-order valence-corrected chi connectivity index (χ1v) is 22.3. The zero-order valence-electron chi connectivity index (χ0n) is 35.6. The number of nitrogens with zero attached hydrogens (tertiary/aromatic N) is 2. The molecule has 6 aromatic carbocycles. The summed E-state index contributed by atoms with van der Waals surface area (Å²) in [5.74, 6) is -1.22. The Balaban J connectivity index is 1.25. The van der Waals surface area contributed by atoms with Gasteiger partial charge in [0, 0.05) is 34.6 Å². The number of anilines is 2. The van der Waals surface area contributed by atoms with Crippen molar-refractivity contribution < 1.29 is 9.90 Å². The van der Waals surface area contributed by atoms with Gasteiger partial charge in [-0.2, -0.15) is 5.26 Å². The van der Waals surface area contributed by atoms with Gasteiger partial charge in [0.05, 0.1) is 16.3 Å². The molecule has 0 fully saturated rings. The Bertz CT molecular complexity index is 2740. The number of aliphatic carboxylic acids is 1. The second-order valence-corrected chi connectivity index (χ2v) is 17.4. The number of rotatable bonds is 16. The fourth-order valence-corrected chi connectivity index (χ4v) is 9.71. The average Bonchev–Trinajstić information content (AvgIpc) is 3.81. The van der Waals surface area contributed by atoms with Gasteiger partial charge in [0.15, 0.2) is 0 Å². The number of thiophene rings is 1. The number of carboxylic acids is 1. The lowest BCUT2D eigenvalue weighted by Crippen LogP contribution is -2.24. The minimum Gasteiger partial charge on any atom is -0.477 e. The summed E-state index contributed by atoms with van der Waals surface area (Å²) in [7, 11) is 0. The van der Waals surface area contributed by atoms with Crippen LogP contribution in [-0.4, -0.2) is 17.6 Å². The number of unbranched alkanes of at least 4 members (excludes halogenated alkanes) is 3. The highest BCUT2D eigenvalue weighted by atomic mass is 32.1. The predicted octanol–water partition coefficient (Wildman–Crippen LogP) is 14.3. The van der Waals surface area contributed by atoms with Gasteiger partial charge < -0.3 is 15.3 Å². The second-order valence-electron chi connectivity index (χ2n) is 16.4. The van der Waals surface area contributed by atoms with E-state index in [9.17, 15) is 15.2 Å². The van der Waals surface area contributed by atoms with Crippen molar-refractivity contribution in [3.8, 4) is 27.6 Å². The number of nitriles is 1. The lowest BCUT2D eigenvalue weighted by Gasteiger charge is -2.32. The molecule has 0 unspecified atom stereocenters. The first kappa shape index (κ1) is 41.8. The molecule has 5 nitrogen and oxygen atoms in total. The van der Waals surface area contributed by atoms with E-state index in [1.54, 1.807) is 0 Å². The van der Waals surface area contributed by atoms with E-state index in [0.29, 0.717) is 6.54 Å². The summed E-state index contributed by atoms with van der Waals surface area (Å²) >= 11 is 1.51. The van der Waals surface area contributed by atoms with E-state index in [0.717, 1.165) is 80.5 Å². The molecule has 62 heavy (non-hydrogen) atoms. The van der Waals surface area contributed by atoms with Crippen LogP contribution in [0.5, 0.6) is 0 Å². The third-order valence-corrected chi connectivity index (χ3v) is 13.0. The molecule has 0 amide bonds. The minimum absolute atomic E-state index is 0.278. The fraction of sp³-hybridized carbons (Fsp3) is 0.179. The maximum absolute atomic E-state index is 11.9. The summed E-state index contributed by atoms with van der Waals surface area (Å²) in [6, 6.07) is 60.6. The van der Waals surface area contributed by atoms with Gasteiger partial charge in [0.25, 0.3) is 0 Å². The molecule has 308 valence electrons. The van der Waals surface area contributed by atoms with Crippen molar-refractivity contribution in [2.24, 2.45) is 0 Å². The van der Waals surface area contributed by atoms with E-state index in [4.69, 9.17) is 0 Å². The molecular formula is C56H51N3O2S. The first-order chi connectivity index (χ1) is 30.3. The van der Waals surface area contributed by atoms with Gasteiger partial charge >= 0.3 is 5.97 Å². The first-order valence-electron chi connectivity index (χ1n) is 21.5. The third kappa shape index (κ3) is 8.77. The maximum Gasteiger partial charge on any atom is 0.346 e. The number of benzene rings is 6. The molecule has 1 aliphatic carbocycles. The standard InChI is InChI=1S/C56H51N3O2S/c1-4-5-6-19-32-58-50-36-51(62-52(50)34-44(37-57)55(60)61)43-28-30-46-47-31-29-45(35-49(47)56(2,3)48(46)33-43)59(38-39-20-11-7-12-21-39)54(42-26-17-10-18-27-42)53(40-22-13-8-14-23-40)41-24-15-9-16-25-41/h7-18,20-31,33-36,58H,4-6,19,32,38H2,1-3H3,(H,60,61)/b44-34+. The van der Waals surface area contributed by atoms with Crippen molar-refractivity contribution in [2.45, 2.75) is 58.4 Å². The van der Waals surface area contributed by atoms with Gasteiger partial charge in [-0.05, 0) is 86.8 Å². The van der Waals surface area contributed by atoms with E-state index >= 15 is 0 Å². The summed E-state index contributed by atoms with van der Waals surface area (Å²) in [5.41, 5.74) is 14.3. The molecule has 0 saturated carbocycles. The Morgan fingerprint density at radius 1 is 0.726 bits per heavy atom. The maximum atomic E-state index is 11.9. The molecule has 8 rings (SSSR count). The molecule has 0 aliphatic heterocycles. The Morgan fingerprint density at radius 2 is 1.31 bits per heavy atom. The van der Waals surface area contributed by atoms with Crippen LogP contribution in [0, 0.1) is 11.3 Å². The van der Waals surface area contributed by atoms with E-state index in [1.807, 2.05) is 6.07 Å². The van der Waals surface area contributed by atoms with Gasteiger partial charge in [0.2, 0.25) is 0 Å². The third-order valence-electron chi connectivity index (χ3n) is 11.9. The van der Waals surface area contributed by atoms with Crippen molar-refractivity contribution in [3.63, 3.8) is 0 Å². The number of nitrogens with one attached hydrogen (secondary N) is 1. The summed E-state index contributed by atoms with van der Waals surface area (Å²) in [5, 5.41) is 22.9. The van der Waals surface area contributed by atoms with E-state index in [-0.39, 0.29) is 11.0 Å². The van der Waals surface area contributed by atoms with Crippen LogP contribution in [0.1, 0.15) is 84.7 Å². The summed E-state index contributed by atoms with van der Waals surface area (Å²) < 4.78 is 0. The van der Waals surface area contributed by atoms with Gasteiger partial charge in [-0.3, -0.25) is 0 Å². The average molecular weight is 830 g/mol. The Hall–Kier alpha value is -6.94. The molecule has 0 radical (unpaired) electrons. The van der Waals surface area contributed by atoms with Crippen LogP contribution in [0.3, 0.4) is 0 Å². The second kappa shape index (κ2) is 18.8. The molecule has 2 N–H and O–H groups in total. The molecule has 1 heterocycles.